The van der Waals surface area contributed by atoms with E-state index in [0.717, 1.165) is 32.1 Å². The molecule has 0 aromatic rings. The highest BCUT2D eigenvalue weighted by atomic mass is 31.2. The lowest BCUT2D eigenvalue weighted by Gasteiger charge is -2.63. The van der Waals surface area contributed by atoms with Crippen molar-refractivity contribution in [2.45, 2.75) is 116 Å². The van der Waals surface area contributed by atoms with Gasteiger partial charge < -0.3 is 39.7 Å². The highest BCUT2D eigenvalue weighted by molar-refractivity contribution is 7.51. The number of aliphatic carboxylic acids is 1. The number of aliphatic hydroxyl groups is 3. The van der Waals surface area contributed by atoms with Crippen molar-refractivity contribution < 1.29 is 58.6 Å². The van der Waals surface area contributed by atoms with Gasteiger partial charge in [-0.25, -0.2) is 0 Å². The van der Waals surface area contributed by atoms with Crippen molar-refractivity contribution in [3.05, 3.63) is 0 Å². The lowest BCUT2D eigenvalue weighted by Crippen LogP contribution is -2.62. The van der Waals surface area contributed by atoms with Crippen LogP contribution >= 0.6 is 7.60 Å². The van der Waals surface area contributed by atoms with Crippen LogP contribution in [-0.4, -0.2) is 79.4 Å². The van der Waals surface area contributed by atoms with Gasteiger partial charge in [-0.2, -0.15) is 0 Å². The molecule has 5 fully saturated rings. The summed E-state index contributed by atoms with van der Waals surface area (Å²) in [6.45, 7) is 6.01. The van der Waals surface area contributed by atoms with E-state index in [1.165, 1.54) is 0 Å². The largest absolute Gasteiger partial charge is 0.481 e. The van der Waals surface area contributed by atoms with Crippen molar-refractivity contribution >= 4 is 25.5 Å². The molecule has 6 N–H and O–H groups in total. The fraction of sp³-hybridized carbons (Fsp3) is 0.912. The smallest absolute Gasteiger partial charge is 0.325 e. The van der Waals surface area contributed by atoms with Crippen molar-refractivity contribution in [3.8, 4) is 0 Å². The molecule has 14 atom stereocenters. The molecule has 47 heavy (non-hydrogen) atoms. The van der Waals surface area contributed by atoms with Gasteiger partial charge in [0.15, 0.2) is 0 Å². The van der Waals surface area contributed by atoms with Gasteiger partial charge in [0.1, 0.15) is 0 Å². The van der Waals surface area contributed by atoms with Gasteiger partial charge in [0.25, 0.3) is 0 Å². The minimum Gasteiger partial charge on any atom is -0.481 e. The van der Waals surface area contributed by atoms with Crippen LogP contribution in [0.3, 0.4) is 0 Å². The van der Waals surface area contributed by atoms with E-state index in [0.29, 0.717) is 25.7 Å². The van der Waals surface area contributed by atoms with Crippen LogP contribution in [0, 0.1) is 64.1 Å². The quantitative estimate of drug-likeness (QED) is 0.0931. The molecule has 12 nitrogen and oxygen atoms in total. The molecule has 5 rings (SSSR count). The molecule has 0 spiro atoms. The first-order valence-corrected chi connectivity index (χ1v) is 19.4. The lowest BCUT2D eigenvalue weighted by atomic mass is 9.43. The molecule has 13 heteroatoms. The molecule has 5 aliphatic rings. The van der Waals surface area contributed by atoms with Gasteiger partial charge in [0, 0.05) is 12.8 Å². The third kappa shape index (κ3) is 7.63. The maximum atomic E-state index is 12.5. The van der Waals surface area contributed by atoms with Crippen LogP contribution in [0.5, 0.6) is 0 Å². The number of carboxylic acids is 1. The van der Waals surface area contributed by atoms with Gasteiger partial charge in [-0.05, 0) is 122 Å². The summed E-state index contributed by atoms with van der Waals surface area (Å²) in [6, 6.07) is 0. The molecule has 0 aromatic heterocycles. The Bertz CT molecular complexity index is 1220. The Labute approximate surface area is 277 Å². The molecular formula is C34H55O12P. The number of hydrogen-bond acceptors (Lipinski definition) is 9. The summed E-state index contributed by atoms with van der Waals surface area (Å²) in [5.74, 6) is -2.95. The zero-order chi connectivity index (χ0) is 34.5. The maximum Gasteiger partial charge on any atom is 0.325 e. The molecule has 0 radical (unpaired) electrons. The van der Waals surface area contributed by atoms with Crippen LogP contribution in [0.4, 0.5) is 0 Å². The van der Waals surface area contributed by atoms with Crippen LogP contribution in [0.15, 0.2) is 0 Å². The van der Waals surface area contributed by atoms with Crippen LogP contribution < -0.4 is 0 Å². The van der Waals surface area contributed by atoms with Crippen molar-refractivity contribution in [1.29, 1.82) is 0 Å². The van der Waals surface area contributed by atoms with Crippen molar-refractivity contribution in [2.75, 3.05) is 13.0 Å². The predicted molar refractivity (Wildman–Crippen MR) is 168 cm³/mol. The molecule has 5 aliphatic carbocycles. The Morgan fingerprint density at radius 1 is 0.894 bits per heavy atom. The third-order valence-electron chi connectivity index (χ3n) is 13.7. The van der Waals surface area contributed by atoms with Crippen LogP contribution in [-0.2, 0) is 28.4 Å². The number of rotatable bonds is 13. The first kappa shape index (κ1) is 36.7. The predicted octanol–water partition coefficient (Wildman–Crippen LogP) is 3.70. The average molecular weight is 687 g/mol. The van der Waals surface area contributed by atoms with E-state index in [1.807, 2.05) is 0 Å². The van der Waals surface area contributed by atoms with E-state index in [2.05, 4.69) is 20.8 Å². The molecule has 5 saturated carbocycles. The minimum absolute atomic E-state index is 0.00856. The standard InChI is InChI=1S/C34H55O12P/c1-18(4-8-29(38)45-17-46-30(39)9-5-22(32(40)41)23-12-19(23)16-47(42,43)44)24-6-7-25-31-26(15-28(37)34(24,25)3)33(2)11-10-21(35)13-20(33)14-27(31)36/h18-28,31,35-37H,4-17H2,1-3H3,(H,40,41)(H2,42,43,44)/t18-,19?,20+,21-,22?,23?,24?,25?,26?,27-,28+,31?,33+,34-/m1/s1. The number of esters is 2. The van der Waals surface area contributed by atoms with Gasteiger partial charge in [0.05, 0.1) is 30.4 Å². The van der Waals surface area contributed by atoms with Crippen molar-refractivity contribution in [2.24, 2.45) is 64.1 Å². The first-order valence-electron chi connectivity index (χ1n) is 17.6. The number of aliphatic hydroxyl groups excluding tert-OH is 3. The Kier molecular flexibility index (Phi) is 10.9. The topological polar surface area (TPSA) is 208 Å². The number of ether oxygens (including phenoxy) is 2. The SMILES string of the molecule is C[C@H](CCC(=O)OCOC(=O)CCC(C(=O)O)C1CC1CP(=O)(O)O)C1CCC2C3C(C[C@H](O)[C@@]21C)[C@@]1(C)CC[C@@H](O)C[C@H]1C[C@H]3O. The van der Waals surface area contributed by atoms with E-state index in [9.17, 15) is 39.4 Å². The summed E-state index contributed by atoms with van der Waals surface area (Å²) in [7, 11) is -4.24. The Balaban J connectivity index is 1.07. The molecule has 268 valence electrons. The first-order chi connectivity index (χ1) is 22.0. The molecule has 7 unspecified atom stereocenters. The number of carbonyl (C=O) groups is 3. The third-order valence-corrected chi connectivity index (χ3v) is 14.7. The summed E-state index contributed by atoms with van der Waals surface area (Å²) in [5, 5.41) is 43.1. The molecule has 0 amide bonds. The highest BCUT2D eigenvalue weighted by Gasteiger charge is 2.65. The maximum absolute atomic E-state index is 12.5. The van der Waals surface area contributed by atoms with E-state index in [4.69, 9.17) is 19.3 Å². The molecule has 0 bridgehead atoms. The van der Waals surface area contributed by atoms with Crippen LogP contribution in [0.25, 0.3) is 0 Å². The van der Waals surface area contributed by atoms with E-state index < -0.39 is 56.3 Å². The van der Waals surface area contributed by atoms with Crippen molar-refractivity contribution in [1.82, 2.24) is 0 Å². The summed E-state index contributed by atoms with van der Waals surface area (Å²) in [4.78, 5) is 54.7. The van der Waals surface area contributed by atoms with Gasteiger partial charge in [-0.15, -0.1) is 0 Å². The van der Waals surface area contributed by atoms with E-state index >= 15 is 0 Å². The molecule has 0 saturated heterocycles. The molecule has 0 aromatic carbocycles. The van der Waals surface area contributed by atoms with Crippen molar-refractivity contribution in [3.63, 3.8) is 0 Å². The Morgan fingerprint density at radius 3 is 2.19 bits per heavy atom. The second kappa shape index (κ2) is 14.0. The van der Waals surface area contributed by atoms with Gasteiger partial charge in [-0.3, -0.25) is 18.9 Å². The zero-order valence-electron chi connectivity index (χ0n) is 27.9. The lowest BCUT2D eigenvalue weighted by molar-refractivity contribution is -0.207. The van der Waals surface area contributed by atoms with Gasteiger partial charge in [0.2, 0.25) is 6.79 Å². The van der Waals surface area contributed by atoms with Gasteiger partial charge in [-0.1, -0.05) is 20.8 Å². The fourth-order valence-corrected chi connectivity index (χ4v) is 12.1. The van der Waals surface area contributed by atoms with E-state index in [1.54, 1.807) is 0 Å². The molecule has 0 aliphatic heterocycles. The number of fused-ring (bicyclic) bond motifs is 5. The van der Waals surface area contributed by atoms with Crippen LogP contribution in [0.1, 0.15) is 97.8 Å². The Morgan fingerprint density at radius 2 is 1.55 bits per heavy atom. The van der Waals surface area contributed by atoms with Crippen LogP contribution in [0.2, 0.25) is 0 Å². The fourth-order valence-electron chi connectivity index (χ4n) is 11.1. The second-order valence-electron chi connectivity index (χ2n) is 16.2. The monoisotopic (exact) mass is 686 g/mol. The number of hydrogen-bond donors (Lipinski definition) is 6. The summed E-state index contributed by atoms with van der Waals surface area (Å²) < 4.78 is 21.3. The highest BCUT2D eigenvalue weighted by Crippen LogP contribution is 2.68. The second-order valence-corrected chi connectivity index (χ2v) is 17.9. The van der Waals surface area contributed by atoms with E-state index in [-0.39, 0.29) is 83.8 Å². The molecular weight excluding hydrogens is 631 g/mol. The summed E-state index contributed by atoms with van der Waals surface area (Å²) in [6.07, 6.45) is 4.79. The Hall–Kier alpha value is -1.56. The zero-order valence-corrected chi connectivity index (χ0v) is 28.8. The normalized spacial score (nSPS) is 42.3. The molecule has 0 heterocycles. The summed E-state index contributed by atoms with van der Waals surface area (Å²) >= 11 is 0. The number of carbonyl (C=O) groups excluding carboxylic acids is 2. The average Bonchev–Trinajstić information content (AvgIpc) is 3.60. The summed E-state index contributed by atoms with van der Waals surface area (Å²) in [5.41, 5.74) is -0.364. The minimum atomic E-state index is -4.24. The van der Waals surface area contributed by atoms with Gasteiger partial charge >= 0.3 is 25.5 Å². The number of carboxylic acid groups (broad SMARTS) is 1.